The minimum absolute atomic E-state index is 0.160. The molecule has 2 aromatic carbocycles. The molecule has 1 aromatic heterocycles. The molecule has 1 N–H and O–H groups in total. The highest BCUT2D eigenvalue weighted by Gasteiger charge is 2.13. The average molecular weight is 363 g/mol. The van der Waals surface area contributed by atoms with Crippen LogP contribution >= 0.6 is 22.6 Å². The van der Waals surface area contributed by atoms with Crippen LogP contribution in [0.3, 0.4) is 0 Å². The van der Waals surface area contributed by atoms with E-state index >= 15 is 0 Å². The Morgan fingerprint density at radius 2 is 1.95 bits per heavy atom. The third-order valence-electron chi connectivity index (χ3n) is 2.81. The maximum absolute atomic E-state index is 12.2. The van der Waals surface area contributed by atoms with Crippen molar-refractivity contribution in [3.8, 4) is 0 Å². The Kier molecular flexibility index (Phi) is 3.25. The highest BCUT2D eigenvalue weighted by Crippen LogP contribution is 2.22. The summed E-state index contributed by atoms with van der Waals surface area (Å²) in [5, 5.41) is 3.70. The molecule has 94 valence electrons. The van der Waals surface area contributed by atoms with Gasteiger partial charge in [0.25, 0.3) is 5.91 Å². The number of fused-ring (bicyclic) bond motifs is 1. The normalized spacial score (nSPS) is 10.6. The Labute approximate surface area is 123 Å². The van der Waals surface area contributed by atoms with Gasteiger partial charge >= 0.3 is 0 Å². The average Bonchev–Trinajstić information content (AvgIpc) is 2.82. The lowest BCUT2D eigenvalue weighted by Gasteiger charge is -2.04. The molecule has 3 nitrogen and oxygen atoms in total. The predicted molar refractivity (Wildman–Crippen MR) is 83.3 cm³/mol. The van der Waals surface area contributed by atoms with Crippen molar-refractivity contribution in [1.82, 2.24) is 0 Å². The molecule has 4 heteroatoms. The van der Waals surface area contributed by atoms with Crippen molar-refractivity contribution in [3.63, 3.8) is 0 Å². The summed E-state index contributed by atoms with van der Waals surface area (Å²) in [7, 11) is 0. The molecule has 0 aliphatic rings. The number of amides is 1. The van der Waals surface area contributed by atoms with Crippen LogP contribution in [0.2, 0.25) is 0 Å². The highest BCUT2D eigenvalue weighted by molar-refractivity contribution is 14.1. The van der Waals surface area contributed by atoms with Gasteiger partial charge in [0, 0.05) is 14.6 Å². The highest BCUT2D eigenvalue weighted by atomic mass is 127. The molecule has 0 spiro atoms. The van der Waals surface area contributed by atoms with Crippen LogP contribution < -0.4 is 5.32 Å². The summed E-state index contributed by atoms with van der Waals surface area (Å²) in [5.74, 6) is -0.160. The van der Waals surface area contributed by atoms with Gasteiger partial charge in [-0.2, -0.15) is 0 Å². The maximum Gasteiger partial charge on any atom is 0.259 e. The molecule has 0 bridgehead atoms. The molecule has 0 aliphatic heterocycles. The predicted octanol–water partition coefficient (Wildman–Crippen LogP) is 4.29. The Morgan fingerprint density at radius 3 is 2.79 bits per heavy atom. The first-order chi connectivity index (χ1) is 9.24. The quantitative estimate of drug-likeness (QED) is 0.691. The molecular weight excluding hydrogens is 353 g/mol. The fourth-order valence-corrected chi connectivity index (χ4v) is 2.46. The number of carbonyl (C=O) groups is 1. The zero-order valence-corrected chi connectivity index (χ0v) is 12.0. The molecule has 3 rings (SSSR count). The molecule has 0 atom stereocenters. The van der Waals surface area contributed by atoms with E-state index < -0.39 is 0 Å². The molecule has 0 saturated heterocycles. The van der Waals surface area contributed by atoms with E-state index in [1.54, 1.807) is 0 Å². The molecule has 1 heterocycles. The Bertz CT molecular complexity index is 748. The lowest BCUT2D eigenvalue weighted by Crippen LogP contribution is -2.11. The summed E-state index contributed by atoms with van der Waals surface area (Å²) < 4.78 is 6.45. The van der Waals surface area contributed by atoms with Crippen LogP contribution in [0.5, 0.6) is 0 Å². The summed E-state index contributed by atoms with van der Waals surface area (Å²) in [6.07, 6.45) is 1.49. The first-order valence-corrected chi connectivity index (χ1v) is 6.85. The van der Waals surface area contributed by atoms with Gasteiger partial charge in [0.1, 0.15) is 11.8 Å². The number of nitrogens with one attached hydrogen (secondary N) is 1. The van der Waals surface area contributed by atoms with Gasteiger partial charge in [-0.15, -0.1) is 0 Å². The molecule has 19 heavy (non-hydrogen) atoms. The van der Waals surface area contributed by atoms with Crippen LogP contribution in [0.15, 0.2) is 59.2 Å². The molecule has 3 aromatic rings. The van der Waals surface area contributed by atoms with Gasteiger partial charge in [-0.1, -0.05) is 24.3 Å². The minimum Gasteiger partial charge on any atom is -0.463 e. The number of benzene rings is 2. The van der Waals surface area contributed by atoms with Gasteiger partial charge in [0.05, 0.1) is 5.56 Å². The zero-order chi connectivity index (χ0) is 13.2. The standard InChI is InChI=1S/C15H10INO2/c16-10-4-3-5-11(8-10)17-15(18)13-9-19-14-7-2-1-6-12(13)14/h1-9H,(H,17,18). The van der Waals surface area contributed by atoms with E-state index in [0.29, 0.717) is 5.56 Å². The maximum atomic E-state index is 12.2. The third kappa shape index (κ3) is 2.49. The van der Waals surface area contributed by atoms with Crippen LogP contribution in [-0.2, 0) is 0 Å². The minimum atomic E-state index is -0.160. The summed E-state index contributed by atoms with van der Waals surface area (Å²) in [6.45, 7) is 0. The van der Waals surface area contributed by atoms with Crippen molar-refractivity contribution in [2.24, 2.45) is 0 Å². The van der Waals surface area contributed by atoms with Crippen molar-refractivity contribution < 1.29 is 9.21 Å². The smallest absolute Gasteiger partial charge is 0.259 e. The number of halogens is 1. The summed E-state index contributed by atoms with van der Waals surface area (Å²) in [5.41, 5.74) is 2.05. The second-order valence-corrected chi connectivity index (χ2v) is 5.36. The van der Waals surface area contributed by atoms with Gasteiger partial charge in [-0.3, -0.25) is 4.79 Å². The van der Waals surface area contributed by atoms with E-state index in [1.165, 1.54) is 6.26 Å². The Hall–Kier alpha value is -1.82. The summed E-state index contributed by atoms with van der Waals surface area (Å²) in [4.78, 5) is 12.2. The Balaban J connectivity index is 1.92. The Morgan fingerprint density at radius 1 is 1.11 bits per heavy atom. The molecule has 0 fully saturated rings. The second kappa shape index (κ2) is 5.05. The van der Waals surface area contributed by atoms with E-state index in [4.69, 9.17) is 4.42 Å². The second-order valence-electron chi connectivity index (χ2n) is 4.11. The summed E-state index contributed by atoms with van der Waals surface area (Å²) in [6, 6.07) is 15.2. The van der Waals surface area contributed by atoms with Crippen molar-refractivity contribution in [2.45, 2.75) is 0 Å². The first-order valence-electron chi connectivity index (χ1n) is 5.77. The van der Waals surface area contributed by atoms with Gasteiger partial charge in [0.2, 0.25) is 0 Å². The van der Waals surface area contributed by atoms with Crippen LogP contribution in [0.25, 0.3) is 11.0 Å². The van der Waals surface area contributed by atoms with Crippen LogP contribution in [0, 0.1) is 3.57 Å². The van der Waals surface area contributed by atoms with E-state index in [2.05, 4.69) is 27.9 Å². The van der Waals surface area contributed by atoms with Crippen LogP contribution in [-0.4, -0.2) is 5.91 Å². The fraction of sp³-hybridized carbons (Fsp3) is 0. The molecule has 1 amide bonds. The lowest BCUT2D eigenvalue weighted by molar-refractivity contribution is 0.102. The lowest BCUT2D eigenvalue weighted by atomic mass is 10.1. The first kappa shape index (κ1) is 12.2. The molecular formula is C15H10INO2. The van der Waals surface area contributed by atoms with Gasteiger partial charge in [-0.05, 0) is 46.9 Å². The molecule has 0 radical (unpaired) electrons. The van der Waals surface area contributed by atoms with Gasteiger partial charge < -0.3 is 9.73 Å². The number of furan rings is 1. The van der Waals surface area contributed by atoms with E-state index in [0.717, 1.165) is 20.2 Å². The number of rotatable bonds is 2. The van der Waals surface area contributed by atoms with Gasteiger partial charge in [-0.25, -0.2) is 0 Å². The zero-order valence-electron chi connectivity index (χ0n) is 9.89. The monoisotopic (exact) mass is 363 g/mol. The van der Waals surface area contributed by atoms with E-state index in [9.17, 15) is 4.79 Å². The molecule has 0 saturated carbocycles. The fourth-order valence-electron chi connectivity index (χ4n) is 1.92. The van der Waals surface area contributed by atoms with E-state index in [-0.39, 0.29) is 5.91 Å². The third-order valence-corrected chi connectivity index (χ3v) is 3.48. The number of carbonyl (C=O) groups excluding carboxylic acids is 1. The van der Waals surface area contributed by atoms with Crippen LogP contribution in [0.4, 0.5) is 5.69 Å². The SMILES string of the molecule is O=C(Nc1cccc(I)c1)c1coc2ccccc12. The van der Waals surface area contributed by atoms with Crippen molar-refractivity contribution in [2.75, 3.05) is 5.32 Å². The number of para-hydroxylation sites is 1. The number of hydrogen-bond donors (Lipinski definition) is 1. The van der Waals surface area contributed by atoms with Crippen molar-refractivity contribution in [3.05, 3.63) is 63.9 Å². The van der Waals surface area contributed by atoms with Crippen molar-refractivity contribution >= 4 is 45.2 Å². The topological polar surface area (TPSA) is 42.2 Å². The summed E-state index contributed by atoms with van der Waals surface area (Å²) >= 11 is 2.21. The van der Waals surface area contributed by atoms with E-state index in [1.807, 2.05) is 48.5 Å². The number of anilines is 1. The molecule has 0 aliphatic carbocycles. The van der Waals surface area contributed by atoms with Gasteiger partial charge in [0.15, 0.2) is 0 Å². The van der Waals surface area contributed by atoms with Crippen molar-refractivity contribution in [1.29, 1.82) is 0 Å². The molecule has 0 unspecified atom stereocenters. The van der Waals surface area contributed by atoms with Crippen LogP contribution in [0.1, 0.15) is 10.4 Å². The number of hydrogen-bond acceptors (Lipinski definition) is 2. The largest absolute Gasteiger partial charge is 0.463 e.